The Kier molecular flexibility index (Phi) is 1.70. The molecule has 1 saturated heterocycles. The van der Waals surface area contributed by atoms with Crippen molar-refractivity contribution < 1.29 is 0 Å². The van der Waals surface area contributed by atoms with Crippen molar-refractivity contribution in [1.82, 2.24) is 15.1 Å². The Balaban J connectivity index is 1.83. The van der Waals surface area contributed by atoms with E-state index in [9.17, 15) is 4.79 Å². The lowest BCUT2D eigenvalue weighted by Gasteiger charge is -2.25. The third-order valence-electron chi connectivity index (χ3n) is 4.51. The minimum atomic E-state index is 0.248. The summed E-state index contributed by atoms with van der Waals surface area (Å²) in [5.41, 5.74) is 2.50. The SMILES string of the molecule is O=c1c2c([nH]n1C1CCC1)CC1CCC2N1. The van der Waals surface area contributed by atoms with Crippen LogP contribution < -0.4 is 10.9 Å². The molecule has 86 valence electrons. The minimum absolute atomic E-state index is 0.248. The molecule has 0 spiro atoms. The van der Waals surface area contributed by atoms with E-state index in [1.807, 2.05) is 4.68 Å². The summed E-state index contributed by atoms with van der Waals surface area (Å²) < 4.78 is 1.90. The molecule has 16 heavy (non-hydrogen) atoms. The van der Waals surface area contributed by atoms with E-state index in [2.05, 4.69) is 10.4 Å². The molecule has 3 heterocycles. The van der Waals surface area contributed by atoms with Crippen molar-refractivity contribution >= 4 is 0 Å². The molecule has 3 aliphatic rings. The molecule has 0 aromatic carbocycles. The van der Waals surface area contributed by atoms with E-state index in [4.69, 9.17) is 0 Å². The highest BCUT2D eigenvalue weighted by molar-refractivity contribution is 5.28. The Morgan fingerprint density at radius 3 is 2.81 bits per heavy atom. The summed E-state index contributed by atoms with van der Waals surface area (Å²) in [5.74, 6) is 0. The summed E-state index contributed by atoms with van der Waals surface area (Å²) in [4.78, 5) is 12.3. The lowest BCUT2D eigenvalue weighted by atomic mass is 9.93. The molecule has 0 radical (unpaired) electrons. The summed E-state index contributed by atoms with van der Waals surface area (Å²) in [5, 5.41) is 6.91. The average Bonchev–Trinajstić information content (AvgIpc) is 2.70. The number of rotatable bonds is 1. The monoisotopic (exact) mass is 219 g/mol. The van der Waals surface area contributed by atoms with Gasteiger partial charge in [0.2, 0.25) is 0 Å². The van der Waals surface area contributed by atoms with Gasteiger partial charge in [-0.1, -0.05) is 0 Å². The van der Waals surface area contributed by atoms with Crippen LogP contribution in [0.2, 0.25) is 0 Å². The number of hydrogen-bond acceptors (Lipinski definition) is 2. The van der Waals surface area contributed by atoms with E-state index in [-0.39, 0.29) is 5.56 Å². The number of nitrogens with one attached hydrogen (secondary N) is 2. The van der Waals surface area contributed by atoms with Crippen LogP contribution in [0, 0.1) is 0 Å². The standard InChI is InChI=1S/C12H17N3O/c16-12-11-9-5-4-7(13-9)6-10(11)14-15(12)8-2-1-3-8/h7-9,13-14H,1-6H2. The highest BCUT2D eigenvalue weighted by Crippen LogP contribution is 2.35. The summed E-state index contributed by atoms with van der Waals surface area (Å²) in [6, 6.07) is 1.39. The van der Waals surface area contributed by atoms with Crippen LogP contribution in [0.4, 0.5) is 0 Å². The molecule has 1 aliphatic carbocycles. The Morgan fingerprint density at radius 2 is 2.06 bits per heavy atom. The molecule has 1 aromatic rings. The van der Waals surface area contributed by atoms with Crippen LogP contribution >= 0.6 is 0 Å². The van der Waals surface area contributed by atoms with Crippen LogP contribution in [-0.4, -0.2) is 15.8 Å². The maximum atomic E-state index is 12.3. The molecular weight excluding hydrogens is 202 g/mol. The molecule has 1 aromatic heterocycles. The zero-order valence-corrected chi connectivity index (χ0v) is 9.33. The van der Waals surface area contributed by atoms with Gasteiger partial charge in [0, 0.05) is 24.2 Å². The zero-order valence-electron chi connectivity index (χ0n) is 9.33. The average molecular weight is 219 g/mol. The number of nitrogens with zero attached hydrogens (tertiary/aromatic N) is 1. The van der Waals surface area contributed by atoms with E-state index < -0.39 is 0 Å². The van der Waals surface area contributed by atoms with Gasteiger partial charge in [0.15, 0.2) is 0 Å². The first kappa shape index (κ1) is 9.05. The molecular formula is C12H17N3O. The molecule has 0 amide bonds. The Morgan fingerprint density at radius 1 is 1.19 bits per heavy atom. The van der Waals surface area contributed by atoms with Crippen LogP contribution in [0.5, 0.6) is 0 Å². The zero-order chi connectivity index (χ0) is 10.7. The van der Waals surface area contributed by atoms with Crippen LogP contribution in [-0.2, 0) is 6.42 Å². The molecule has 2 atom stereocenters. The van der Waals surface area contributed by atoms with E-state index in [0.717, 1.165) is 18.4 Å². The molecule has 2 bridgehead atoms. The molecule has 4 nitrogen and oxygen atoms in total. The fourth-order valence-electron chi connectivity index (χ4n) is 3.39. The smallest absolute Gasteiger partial charge is 0.271 e. The van der Waals surface area contributed by atoms with Crippen molar-refractivity contribution in [2.24, 2.45) is 0 Å². The fourth-order valence-corrected chi connectivity index (χ4v) is 3.39. The van der Waals surface area contributed by atoms with Gasteiger partial charge in [-0.05, 0) is 32.1 Å². The molecule has 1 saturated carbocycles. The Labute approximate surface area is 94.0 Å². The lowest BCUT2D eigenvalue weighted by molar-refractivity contribution is 0.281. The third kappa shape index (κ3) is 1.05. The third-order valence-corrected chi connectivity index (χ3v) is 4.51. The maximum absolute atomic E-state index is 12.3. The Bertz CT molecular complexity index is 483. The van der Waals surface area contributed by atoms with Gasteiger partial charge in [0.1, 0.15) is 0 Å². The molecule has 4 heteroatoms. The predicted molar refractivity (Wildman–Crippen MR) is 60.5 cm³/mol. The largest absolute Gasteiger partial charge is 0.307 e. The maximum Gasteiger partial charge on any atom is 0.271 e. The van der Waals surface area contributed by atoms with Gasteiger partial charge in [0.25, 0.3) is 5.56 Å². The van der Waals surface area contributed by atoms with Gasteiger partial charge < -0.3 is 5.32 Å². The van der Waals surface area contributed by atoms with Crippen molar-refractivity contribution in [3.63, 3.8) is 0 Å². The fraction of sp³-hybridized carbons (Fsp3) is 0.750. The number of fused-ring (bicyclic) bond motifs is 4. The summed E-state index contributed by atoms with van der Waals surface area (Å²) in [7, 11) is 0. The van der Waals surface area contributed by atoms with E-state index in [0.29, 0.717) is 18.1 Å². The van der Waals surface area contributed by atoms with Crippen LogP contribution in [0.15, 0.2) is 4.79 Å². The van der Waals surface area contributed by atoms with E-state index in [1.54, 1.807) is 0 Å². The normalized spacial score (nSPS) is 32.5. The second-order valence-corrected chi connectivity index (χ2v) is 5.46. The second kappa shape index (κ2) is 3.00. The quantitative estimate of drug-likeness (QED) is 0.747. The van der Waals surface area contributed by atoms with Crippen molar-refractivity contribution in [2.75, 3.05) is 0 Å². The van der Waals surface area contributed by atoms with E-state index in [1.165, 1.54) is 31.4 Å². The van der Waals surface area contributed by atoms with Crippen LogP contribution in [0.25, 0.3) is 0 Å². The van der Waals surface area contributed by atoms with Crippen LogP contribution in [0.1, 0.15) is 55.4 Å². The van der Waals surface area contributed by atoms with Crippen molar-refractivity contribution in [3.8, 4) is 0 Å². The second-order valence-electron chi connectivity index (χ2n) is 5.46. The molecule has 2 fully saturated rings. The highest BCUT2D eigenvalue weighted by atomic mass is 16.1. The van der Waals surface area contributed by atoms with E-state index >= 15 is 0 Å². The summed E-state index contributed by atoms with van der Waals surface area (Å²) in [6.45, 7) is 0. The van der Waals surface area contributed by atoms with Gasteiger partial charge >= 0.3 is 0 Å². The van der Waals surface area contributed by atoms with Crippen LogP contribution in [0.3, 0.4) is 0 Å². The molecule has 2 unspecified atom stereocenters. The van der Waals surface area contributed by atoms with Gasteiger partial charge in [-0.2, -0.15) is 0 Å². The summed E-state index contributed by atoms with van der Waals surface area (Å²) in [6.07, 6.45) is 6.97. The first-order valence-electron chi connectivity index (χ1n) is 6.42. The highest BCUT2D eigenvalue weighted by Gasteiger charge is 2.37. The van der Waals surface area contributed by atoms with Gasteiger partial charge in [-0.15, -0.1) is 0 Å². The van der Waals surface area contributed by atoms with Gasteiger partial charge in [0.05, 0.1) is 11.6 Å². The first-order valence-corrected chi connectivity index (χ1v) is 6.42. The number of aromatic amines is 1. The number of aromatic nitrogens is 2. The van der Waals surface area contributed by atoms with Crippen molar-refractivity contribution in [2.45, 2.75) is 56.7 Å². The van der Waals surface area contributed by atoms with Gasteiger partial charge in [-0.25, -0.2) is 4.68 Å². The summed E-state index contributed by atoms with van der Waals surface area (Å²) >= 11 is 0. The molecule has 2 aliphatic heterocycles. The first-order chi connectivity index (χ1) is 7.83. The Hall–Kier alpha value is -1.03. The molecule has 2 N–H and O–H groups in total. The lowest BCUT2D eigenvalue weighted by Crippen LogP contribution is -2.34. The number of H-pyrrole nitrogens is 1. The molecule has 4 rings (SSSR count). The van der Waals surface area contributed by atoms with Crippen molar-refractivity contribution in [1.29, 1.82) is 0 Å². The topological polar surface area (TPSA) is 49.8 Å². The predicted octanol–water partition coefficient (Wildman–Crippen LogP) is 1.25. The number of hydrogen-bond donors (Lipinski definition) is 2. The minimum Gasteiger partial charge on any atom is -0.307 e. The van der Waals surface area contributed by atoms with Gasteiger partial charge in [-0.3, -0.25) is 9.89 Å². The van der Waals surface area contributed by atoms with Crippen molar-refractivity contribution in [3.05, 3.63) is 21.6 Å².